The van der Waals surface area contributed by atoms with Crippen molar-refractivity contribution >= 4 is 28.9 Å². The molecule has 0 unspecified atom stereocenters. The molecule has 2 aromatic rings. The molecule has 21 heavy (non-hydrogen) atoms. The Kier molecular flexibility index (Phi) is 4.60. The number of aryl methyl sites for hydroxylation is 1. The Morgan fingerprint density at radius 1 is 1.19 bits per heavy atom. The molecule has 0 saturated carbocycles. The number of benzene rings is 2. The summed E-state index contributed by atoms with van der Waals surface area (Å²) in [6.45, 7) is 3.54. The number of nitrogens with zero attached hydrogens (tertiary/aromatic N) is 1. The molecule has 0 saturated heterocycles. The zero-order valence-corrected chi connectivity index (χ0v) is 12.5. The molecular weight excluding hydrogens is 288 g/mol. The van der Waals surface area contributed by atoms with Gasteiger partial charge in [-0.05, 0) is 55.3 Å². The second kappa shape index (κ2) is 6.41. The lowest BCUT2D eigenvalue weighted by molar-refractivity contribution is 0.102. The van der Waals surface area contributed by atoms with E-state index in [0.29, 0.717) is 22.0 Å². The first kappa shape index (κ1) is 15.1. The van der Waals surface area contributed by atoms with Crippen LogP contribution in [0.15, 0.2) is 47.6 Å². The fourth-order valence-corrected chi connectivity index (χ4v) is 2.16. The van der Waals surface area contributed by atoms with Gasteiger partial charge in [-0.15, -0.1) is 0 Å². The van der Waals surface area contributed by atoms with E-state index >= 15 is 0 Å². The van der Waals surface area contributed by atoms with Crippen LogP contribution in [0.2, 0.25) is 5.02 Å². The standard InChI is InChI=1S/C16H15ClN2O2/c1-10-9-13(17)5-8-15(10)16(20)18-14-6-3-12(4-7-14)11(2)19-21/h3-9,21H,1-2H3,(H,18,20)/b19-11-. The van der Waals surface area contributed by atoms with Gasteiger partial charge in [0.15, 0.2) is 0 Å². The highest BCUT2D eigenvalue weighted by atomic mass is 35.5. The van der Waals surface area contributed by atoms with Gasteiger partial charge in [-0.3, -0.25) is 4.79 Å². The van der Waals surface area contributed by atoms with Crippen molar-refractivity contribution in [2.75, 3.05) is 5.32 Å². The van der Waals surface area contributed by atoms with Gasteiger partial charge in [0.1, 0.15) is 0 Å². The third kappa shape index (κ3) is 3.61. The molecule has 0 bridgehead atoms. The molecule has 0 spiro atoms. The smallest absolute Gasteiger partial charge is 0.255 e. The first-order valence-corrected chi connectivity index (χ1v) is 6.75. The van der Waals surface area contributed by atoms with Crippen molar-refractivity contribution in [3.8, 4) is 0 Å². The lowest BCUT2D eigenvalue weighted by atomic mass is 10.1. The van der Waals surface area contributed by atoms with Gasteiger partial charge in [0, 0.05) is 16.3 Å². The van der Waals surface area contributed by atoms with E-state index in [4.69, 9.17) is 16.8 Å². The number of carbonyl (C=O) groups is 1. The Balaban J connectivity index is 2.16. The van der Waals surface area contributed by atoms with Crippen molar-refractivity contribution in [1.29, 1.82) is 0 Å². The second-order valence-corrected chi connectivity index (χ2v) is 5.11. The van der Waals surface area contributed by atoms with Crippen LogP contribution in [0.1, 0.15) is 28.4 Å². The zero-order valence-electron chi connectivity index (χ0n) is 11.7. The monoisotopic (exact) mass is 302 g/mol. The van der Waals surface area contributed by atoms with E-state index in [1.807, 2.05) is 6.92 Å². The minimum absolute atomic E-state index is 0.190. The highest BCUT2D eigenvalue weighted by molar-refractivity contribution is 6.30. The van der Waals surface area contributed by atoms with E-state index in [-0.39, 0.29) is 5.91 Å². The summed E-state index contributed by atoms with van der Waals surface area (Å²) in [6.07, 6.45) is 0. The minimum Gasteiger partial charge on any atom is -0.411 e. The fourth-order valence-electron chi connectivity index (χ4n) is 1.93. The SMILES string of the molecule is C/C(=N/O)c1ccc(NC(=O)c2ccc(Cl)cc2C)cc1. The Morgan fingerprint density at radius 3 is 2.43 bits per heavy atom. The number of rotatable bonds is 3. The first-order valence-electron chi connectivity index (χ1n) is 6.38. The minimum atomic E-state index is -0.190. The molecule has 0 fully saturated rings. The van der Waals surface area contributed by atoms with Crippen LogP contribution in [0.3, 0.4) is 0 Å². The Hall–Kier alpha value is -2.33. The van der Waals surface area contributed by atoms with Crippen LogP contribution in [-0.4, -0.2) is 16.8 Å². The van der Waals surface area contributed by atoms with Gasteiger partial charge in [0.25, 0.3) is 5.91 Å². The molecule has 0 atom stereocenters. The summed E-state index contributed by atoms with van der Waals surface area (Å²) in [4.78, 5) is 12.2. The molecule has 0 aliphatic carbocycles. The molecular formula is C16H15ClN2O2. The number of hydrogen-bond donors (Lipinski definition) is 2. The van der Waals surface area contributed by atoms with Crippen molar-refractivity contribution in [3.63, 3.8) is 0 Å². The number of oxime groups is 1. The van der Waals surface area contributed by atoms with Gasteiger partial charge in [0.2, 0.25) is 0 Å². The molecule has 2 aromatic carbocycles. The second-order valence-electron chi connectivity index (χ2n) is 4.68. The van der Waals surface area contributed by atoms with Gasteiger partial charge in [0.05, 0.1) is 5.71 Å². The van der Waals surface area contributed by atoms with E-state index in [1.165, 1.54) is 0 Å². The summed E-state index contributed by atoms with van der Waals surface area (Å²) in [7, 11) is 0. The van der Waals surface area contributed by atoms with Gasteiger partial charge >= 0.3 is 0 Å². The van der Waals surface area contributed by atoms with E-state index < -0.39 is 0 Å². The zero-order chi connectivity index (χ0) is 15.4. The Labute approximate surface area is 128 Å². The highest BCUT2D eigenvalue weighted by Gasteiger charge is 2.09. The molecule has 0 aliphatic heterocycles. The maximum absolute atomic E-state index is 12.2. The Morgan fingerprint density at radius 2 is 1.86 bits per heavy atom. The quantitative estimate of drug-likeness (QED) is 0.509. The summed E-state index contributed by atoms with van der Waals surface area (Å²) in [5.74, 6) is -0.190. The number of anilines is 1. The Bertz CT molecular complexity index is 694. The van der Waals surface area contributed by atoms with Gasteiger partial charge in [-0.2, -0.15) is 0 Å². The van der Waals surface area contributed by atoms with Crippen molar-refractivity contribution in [3.05, 3.63) is 64.2 Å². The molecule has 2 N–H and O–H groups in total. The molecule has 4 nitrogen and oxygen atoms in total. The summed E-state index contributed by atoms with van der Waals surface area (Å²) in [5.41, 5.74) is 3.37. The lowest BCUT2D eigenvalue weighted by Crippen LogP contribution is -2.13. The van der Waals surface area contributed by atoms with E-state index in [0.717, 1.165) is 11.1 Å². The molecule has 108 valence electrons. The van der Waals surface area contributed by atoms with E-state index in [2.05, 4.69) is 10.5 Å². The van der Waals surface area contributed by atoms with Crippen molar-refractivity contribution < 1.29 is 10.0 Å². The summed E-state index contributed by atoms with van der Waals surface area (Å²) in [6, 6.07) is 12.2. The molecule has 1 amide bonds. The normalized spacial score (nSPS) is 11.3. The highest BCUT2D eigenvalue weighted by Crippen LogP contribution is 2.17. The molecule has 0 aliphatic rings. The largest absolute Gasteiger partial charge is 0.411 e. The van der Waals surface area contributed by atoms with E-state index in [9.17, 15) is 4.79 Å². The van der Waals surface area contributed by atoms with Gasteiger partial charge < -0.3 is 10.5 Å². The van der Waals surface area contributed by atoms with Crippen molar-refractivity contribution in [1.82, 2.24) is 0 Å². The molecule has 0 heterocycles. The van der Waals surface area contributed by atoms with Gasteiger partial charge in [-0.1, -0.05) is 28.9 Å². The van der Waals surface area contributed by atoms with Crippen LogP contribution in [-0.2, 0) is 0 Å². The average Bonchev–Trinajstić information content (AvgIpc) is 2.47. The predicted octanol–water partition coefficient (Wildman–Crippen LogP) is 4.10. The van der Waals surface area contributed by atoms with Gasteiger partial charge in [-0.25, -0.2) is 0 Å². The summed E-state index contributed by atoms with van der Waals surface area (Å²) >= 11 is 5.88. The summed E-state index contributed by atoms with van der Waals surface area (Å²) < 4.78 is 0. The van der Waals surface area contributed by atoms with Crippen LogP contribution in [0, 0.1) is 6.92 Å². The number of carbonyl (C=O) groups excluding carboxylic acids is 1. The van der Waals surface area contributed by atoms with Crippen LogP contribution in [0.5, 0.6) is 0 Å². The number of halogens is 1. The molecule has 5 heteroatoms. The van der Waals surface area contributed by atoms with Crippen molar-refractivity contribution in [2.24, 2.45) is 5.16 Å². The molecule has 2 rings (SSSR count). The van der Waals surface area contributed by atoms with Crippen molar-refractivity contribution in [2.45, 2.75) is 13.8 Å². The van der Waals surface area contributed by atoms with Crippen LogP contribution < -0.4 is 5.32 Å². The van der Waals surface area contributed by atoms with Crippen LogP contribution in [0.25, 0.3) is 0 Å². The maximum atomic E-state index is 12.2. The fraction of sp³-hybridized carbons (Fsp3) is 0.125. The maximum Gasteiger partial charge on any atom is 0.255 e. The lowest BCUT2D eigenvalue weighted by Gasteiger charge is -2.08. The first-order chi connectivity index (χ1) is 10.0. The topological polar surface area (TPSA) is 61.7 Å². The number of nitrogens with one attached hydrogen (secondary N) is 1. The van der Waals surface area contributed by atoms with Crippen LogP contribution >= 0.6 is 11.6 Å². The van der Waals surface area contributed by atoms with E-state index in [1.54, 1.807) is 49.4 Å². The summed E-state index contributed by atoms with van der Waals surface area (Å²) in [5, 5.41) is 15.3. The predicted molar refractivity (Wildman–Crippen MR) is 84.6 cm³/mol. The number of amides is 1. The van der Waals surface area contributed by atoms with Crippen LogP contribution in [0.4, 0.5) is 5.69 Å². The average molecular weight is 303 g/mol. The third-order valence-corrected chi connectivity index (χ3v) is 3.38. The third-order valence-electron chi connectivity index (χ3n) is 3.14. The molecule has 0 aromatic heterocycles. The number of hydrogen-bond acceptors (Lipinski definition) is 3. The molecule has 0 radical (unpaired) electrons.